The zero-order valence-corrected chi connectivity index (χ0v) is 11.6. The number of benzene rings is 1. The molecule has 0 aromatic heterocycles. The topological polar surface area (TPSA) is 83.5 Å². The van der Waals surface area contributed by atoms with Gasteiger partial charge < -0.3 is 5.11 Å². The molecule has 1 aliphatic carbocycles. The van der Waals surface area contributed by atoms with Crippen LogP contribution in [0.25, 0.3) is 0 Å². The van der Waals surface area contributed by atoms with Crippen LogP contribution in [0.4, 0.5) is 4.39 Å². The van der Waals surface area contributed by atoms with Gasteiger partial charge in [-0.1, -0.05) is 6.42 Å². The third-order valence-corrected chi connectivity index (χ3v) is 5.01. The highest BCUT2D eigenvalue weighted by Crippen LogP contribution is 2.25. The first-order valence-electron chi connectivity index (χ1n) is 6.39. The number of carboxylic acid groups (broad SMARTS) is 1. The van der Waals surface area contributed by atoms with E-state index in [0.29, 0.717) is 19.3 Å². The first-order chi connectivity index (χ1) is 9.38. The molecule has 110 valence electrons. The van der Waals surface area contributed by atoms with Crippen LogP contribution < -0.4 is 4.72 Å². The van der Waals surface area contributed by atoms with Crippen LogP contribution in [0.15, 0.2) is 29.2 Å². The normalized spacial score (nSPS) is 23.4. The average molecular weight is 301 g/mol. The number of sulfonamides is 1. The van der Waals surface area contributed by atoms with E-state index in [1.807, 2.05) is 0 Å². The van der Waals surface area contributed by atoms with E-state index in [1.165, 1.54) is 12.1 Å². The summed E-state index contributed by atoms with van der Waals surface area (Å²) in [7, 11) is -3.74. The molecule has 2 atom stereocenters. The second-order valence-electron chi connectivity index (χ2n) is 4.97. The SMILES string of the molecule is O=C(O)C1CCCC(NS(=O)(=O)c2ccc(F)cc2)C1. The van der Waals surface area contributed by atoms with Gasteiger partial charge in [-0.05, 0) is 43.5 Å². The number of carboxylic acids is 1. The van der Waals surface area contributed by atoms with Gasteiger partial charge in [-0.3, -0.25) is 4.79 Å². The van der Waals surface area contributed by atoms with Gasteiger partial charge in [0.1, 0.15) is 5.82 Å². The van der Waals surface area contributed by atoms with E-state index in [1.54, 1.807) is 0 Å². The first kappa shape index (κ1) is 14.9. The lowest BCUT2D eigenvalue weighted by atomic mass is 9.86. The van der Waals surface area contributed by atoms with Gasteiger partial charge in [-0.15, -0.1) is 0 Å². The summed E-state index contributed by atoms with van der Waals surface area (Å²) in [6.07, 6.45) is 2.15. The summed E-state index contributed by atoms with van der Waals surface area (Å²) < 4.78 is 39.5. The Balaban J connectivity index is 2.08. The lowest BCUT2D eigenvalue weighted by molar-refractivity contribution is -0.143. The van der Waals surface area contributed by atoms with Crippen LogP contribution in [0.2, 0.25) is 0 Å². The maximum Gasteiger partial charge on any atom is 0.306 e. The molecule has 0 heterocycles. The van der Waals surface area contributed by atoms with Crippen molar-refractivity contribution in [1.82, 2.24) is 4.72 Å². The number of nitrogens with one attached hydrogen (secondary N) is 1. The highest BCUT2D eigenvalue weighted by atomic mass is 32.2. The van der Waals surface area contributed by atoms with Crippen molar-refractivity contribution < 1.29 is 22.7 Å². The van der Waals surface area contributed by atoms with E-state index in [-0.39, 0.29) is 17.4 Å². The van der Waals surface area contributed by atoms with Crippen LogP contribution >= 0.6 is 0 Å². The number of halogens is 1. The fourth-order valence-electron chi connectivity index (χ4n) is 2.42. The number of aliphatic carboxylic acids is 1. The third-order valence-electron chi connectivity index (χ3n) is 3.47. The minimum Gasteiger partial charge on any atom is -0.481 e. The smallest absolute Gasteiger partial charge is 0.306 e. The number of carbonyl (C=O) groups is 1. The molecular formula is C13H16FNO4S. The van der Waals surface area contributed by atoms with Crippen LogP contribution in [-0.4, -0.2) is 25.5 Å². The summed E-state index contributed by atoms with van der Waals surface area (Å²) in [4.78, 5) is 10.9. The number of hydrogen-bond donors (Lipinski definition) is 2. The minimum absolute atomic E-state index is 0.0173. The monoisotopic (exact) mass is 301 g/mol. The maximum absolute atomic E-state index is 12.8. The van der Waals surface area contributed by atoms with Crippen molar-refractivity contribution in [1.29, 1.82) is 0 Å². The quantitative estimate of drug-likeness (QED) is 0.887. The standard InChI is InChI=1S/C13H16FNO4S/c14-10-4-6-12(7-5-10)20(18,19)15-11-3-1-2-9(8-11)13(16)17/h4-7,9,11,15H,1-3,8H2,(H,16,17). The Bertz CT molecular complexity index is 585. The van der Waals surface area contributed by atoms with Gasteiger partial charge in [-0.2, -0.15) is 0 Å². The molecule has 0 spiro atoms. The Kier molecular flexibility index (Phi) is 4.39. The van der Waals surface area contributed by atoms with Gasteiger partial charge >= 0.3 is 5.97 Å². The van der Waals surface area contributed by atoms with Gasteiger partial charge in [0.2, 0.25) is 10.0 Å². The van der Waals surface area contributed by atoms with Gasteiger partial charge in [0, 0.05) is 6.04 Å². The van der Waals surface area contributed by atoms with Crippen molar-refractivity contribution in [2.45, 2.75) is 36.6 Å². The van der Waals surface area contributed by atoms with Crippen molar-refractivity contribution in [3.8, 4) is 0 Å². The zero-order valence-electron chi connectivity index (χ0n) is 10.8. The lowest BCUT2D eigenvalue weighted by Gasteiger charge is -2.27. The second-order valence-corrected chi connectivity index (χ2v) is 6.69. The maximum atomic E-state index is 12.8. The van der Waals surface area contributed by atoms with Gasteiger partial charge in [-0.25, -0.2) is 17.5 Å². The molecule has 1 saturated carbocycles. The fourth-order valence-corrected chi connectivity index (χ4v) is 3.71. The van der Waals surface area contributed by atoms with E-state index in [2.05, 4.69) is 4.72 Å². The Morgan fingerprint density at radius 2 is 1.90 bits per heavy atom. The zero-order chi connectivity index (χ0) is 14.8. The average Bonchev–Trinajstić information content (AvgIpc) is 2.39. The molecule has 20 heavy (non-hydrogen) atoms. The molecule has 5 nitrogen and oxygen atoms in total. The largest absolute Gasteiger partial charge is 0.481 e. The number of rotatable bonds is 4. The molecule has 0 bridgehead atoms. The van der Waals surface area contributed by atoms with Crippen LogP contribution in [0, 0.1) is 11.7 Å². The molecule has 7 heteroatoms. The summed E-state index contributed by atoms with van der Waals surface area (Å²) in [5.74, 6) is -1.91. The van der Waals surface area contributed by atoms with Crippen molar-refractivity contribution in [3.05, 3.63) is 30.1 Å². The molecule has 0 aliphatic heterocycles. The molecule has 1 aliphatic rings. The van der Waals surface area contributed by atoms with Crippen LogP contribution in [0.3, 0.4) is 0 Å². The van der Waals surface area contributed by atoms with Crippen molar-refractivity contribution in [3.63, 3.8) is 0 Å². The summed E-state index contributed by atoms with van der Waals surface area (Å²) in [5.41, 5.74) is 0. The molecule has 1 aromatic carbocycles. The summed E-state index contributed by atoms with van der Waals surface area (Å²) in [5, 5.41) is 8.98. The Morgan fingerprint density at radius 3 is 2.50 bits per heavy atom. The van der Waals surface area contributed by atoms with Crippen LogP contribution in [0.5, 0.6) is 0 Å². The van der Waals surface area contributed by atoms with Crippen molar-refractivity contribution in [2.24, 2.45) is 5.92 Å². The Hall–Kier alpha value is -1.47. The molecule has 0 saturated heterocycles. The summed E-state index contributed by atoms with van der Waals surface area (Å²) in [6.45, 7) is 0. The van der Waals surface area contributed by atoms with E-state index >= 15 is 0 Å². The van der Waals surface area contributed by atoms with Gasteiger partial charge in [0.05, 0.1) is 10.8 Å². The molecule has 0 amide bonds. The summed E-state index contributed by atoms with van der Waals surface area (Å²) >= 11 is 0. The highest BCUT2D eigenvalue weighted by molar-refractivity contribution is 7.89. The molecule has 1 fully saturated rings. The number of hydrogen-bond acceptors (Lipinski definition) is 3. The van der Waals surface area contributed by atoms with Gasteiger partial charge in [0.25, 0.3) is 0 Å². The first-order valence-corrected chi connectivity index (χ1v) is 7.87. The van der Waals surface area contributed by atoms with E-state index in [4.69, 9.17) is 5.11 Å². The van der Waals surface area contributed by atoms with Crippen LogP contribution in [-0.2, 0) is 14.8 Å². The Labute approximate surface area is 116 Å². The van der Waals surface area contributed by atoms with Crippen LogP contribution in [0.1, 0.15) is 25.7 Å². The fraction of sp³-hybridized carbons (Fsp3) is 0.462. The van der Waals surface area contributed by atoms with E-state index in [0.717, 1.165) is 12.1 Å². The van der Waals surface area contributed by atoms with E-state index < -0.39 is 27.7 Å². The summed E-state index contributed by atoms with van der Waals surface area (Å²) in [6, 6.07) is 4.15. The Morgan fingerprint density at radius 1 is 1.25 bits per heavy atom. The second kappa shape index (κ2) is 5.88. The molecule has 1 aromatic rings. The molecular weight excluding hydrogens is 285 g/mol. The van der Waals surface area contributed by atoms with Crippen molar-refractivity contribution in [2.75, 3.05) is 0 Å². The molecule has 2 N–H and O–H groups in total. The third kappa shape index (κ3) is 3.55. The van der Waals surface area contributed by atoms with E-state index in [9.17, 15) is 17.6 Å². The van der Waals surface area contributed by atoms with Gasteiger partial charge in [0.15, 0.2) is 0 Å². The molecule has 2 unspecified atom stereocenters. The van der Waals surface area contributed by atoms with Crippen molar-refractivity contribution >= 4 is 16.0 Å². The predicted octanol–water partition coefficient (Wildman–Crippen LogP) is 1.75. The predicted molar refractivity (Wildman–Crippen MR) is 70.1 cm³/mol. The lowest BCUT2D eigenvalue weighted by Crippen LogP contribution is -2.39. The molecule has 0 radical (unpaired) electrons. The minimum atomic E-state index is -3.74. The highest BCUT2D eigenvalue weighted by Gasteiger charge is 2.29. The molecule has 2 rings (SSSR count).